The molecule has 0 aromatic carbocycles. The van der Waals surface area contributed by atoms with Crippen molar-refractivity contribution in [2.75, 3.05) is 39.6 Å². The van der Waals surface area contributed by atoms with Crippen LogP contribution in [0.4, 0.5) is 0 Å². The maximum Gasteiger partial charge on any atom is 0.472 e. The number of phosphoric acid groups is 2. The summed E-state index contributed by atoms with van der Waals surface area (Å²) in [5, 5.41) is 20.7. The van der Waals surface area contributed by atoms with E-state index in [0.29, 0.717) is 19.3 Å². The molecule has 18 heteroatoms. The number of carbonyl (C=O) groups excluding carboxylic acids is 3. The lowest BCUT2D eigenvalue weighted by Gasteiger charge is -2.21. The molecule has 628 valence electrons. The normalized spacial score (nSPS) is 14.5. The van der Waals surface area contributed by atoms with E-state index in [-0.39, 0.29) is 19.3 Å². The number of unbranched alkanes of at least 4 members (excludes halogenated alkanes) is 37. The molecule has 0 aliphatic carbocycles. The molecule has 5 atom stereocenters. The van der Waals surface area contributed by atoms with Crippen molar-refractivity contribution in [3.05, 3.63) is 134 Å². The molecule has 0 aromatic rings. The number of phosphoric ester groups is 2. The van der Waals surface area contributed by atoms with Crippen LogP contribution >= 0.6 is 15.6 Å². The van der Waals surface area contributed by atoms with Gasteiger partial charge < -0.3 is 34.2 Å². The highest BCUT2D eigenvalue weighted by atomic mass is 31.2. The Hall–Kier alpha value is -4.31. The zero-order chi connectivity index (χ0) is 79.4. The van der Waals surface area contributed by atoms with Gasteiger partial charge in [-0.05, 0) is 141 Å². The molecule has 5 unspecified atom stereocenters. The molecular weight excluding hydrogens is 1410 g/mol. The summed E-state index contributed by atoms with van der Waals surface area (Å²) in [4.78, 5) is 58.8. The number of carbonyl (C=O) groups is 3. The van der Waals surface area contributed by atoms with E-state index in [0.717, 1.165) is 154 Å². The largest absolute Gasteiger partial charge is 0.472 e. The van der Waals surface area contributed by atoms with Crippen LogP contribution in [0.25, 0.3) is 0 Å². The van der Waals surface area contributed by atoms with E-state index in [2.05, 4.69) is 154 Å². The number of hydrogen-bond donors (Lipinski definition) is 4. The minimum absolute atomic E-state index is 0.0936. The molecule has 4 N–H and O–H groups in total. The number of aliphatic hydroxyl groups is 2. The summed E-state index contributed by atoms with van der Waals surface area (Å²) in [6.45, 7) is 2.55. The van der Waals surface area contributed by atoms with E-state index in [9.17, 15) is 43.5 Å². The molecule has 16 nitrogen and oxygen atoms in total. The Balaban J connectivity index is 4.43. The Morgan fingerprint density at radius 3 is 0.798 bits per heavy atom. The van der Waals surface area contributed by atoms with Crippen LogP contribution in [-0.4, -0.2) is 95.9 Å². The molecule has 0 radical (unpaired) electrons. The first-order valence-electron chi connectivity index (χ1n) is 43.5. The fourth-order valence-electron chi connectivity index (χ4n) is 11.7. The third-order valence-corrected chi connectivity index (χ3v) is 20.2. The number of hydrogen-bond acceptors (Lipinski definition) is 14. The van der Waals surface area contributed by atoms with Gasteiger partial charge in [-0.3, -0.25) is 32.5 Å². The lowest BCUT2D eigenvalue weighted by molar-refractivity contribution is -0.161. The lowest BCUT2D eigenvalue weighted by Crippen LogP contribution is -2.30. The molecule has 0 spiro atoms. The summed E-state index contributed by atoms with van der Waals surface area (Å²) in [5.74, 6) is -1.58. The number of aliphatic hydroxyl groups excluding tert-OH is 2. The molecule has 0 aliphatic rings. The van der Waals surface area contributed by atoms with E-state index in [1.165, 1.54) is 154 Å². The van der Waals surface area contributed by atoms with Crippen LogP contribution in [0.2, 0.25) is 0 Å². The zero-order valence-electron chi connectivity index (χ0n) is 68.9. The molecule has 0 amide bonds. The van der Waals surface area contributed by atoms with Crippen molar-refractivity contribution in [3.63, 3.8) is 0 Å². The van der Waals surface area contributed by atoms with Gasteiger partial charge in [-0.25, -0.2) is 9.13 Å². The van der Waals surface area contributed by atoms with Crippen molar-refractivity contribution < 1.29 is 75.8 Å². The second kappa shape index (κ2) is 83.1. The van der Waals surface area contributed by atoms with E-state index in [1.807, 2.05) is 0 Å². The number of ether oxygens (including phenoxy) is 3. The second-order valence-corrected chi connectivity index (χ2v) is 31.9. The fourth-order valence-corrected chi connectivity index (χ4v) is 13.3. The summed E-state index contributed by atoms with van der Waals surface area (Å²) in [6.07, 6.45) is 102. The molecule has 0 aromatic heterocycles. The van der Waals surface area contributed by atoms with Crippen LogP contribution in [0.5, 0.6) is 0 Å². The molecule has 109 heavy (non-hydrogen) atoms. The van der Waals surface area contributed by atoms with E-state index >= 15 is 0 Å². The van der Waals surface area contributed by atoms with Crippen LogP contribution in [0.1, 0.15) is 367 Å². The van der Waals surface area contributed by atoms with Gasteiger partial charge in [-0.1, -0.05) is 341 Å². The minimum atomic E-state index is -4.93. The predicted octanol–water partition coefficient (Wildman–Crippen LogP) is 26.2. The maximum absolute atomic E-state index is 13.0. The van der Waals surface area contributed by atoms with Gasteiger partial charge in [0.1, 0.15) is 25.4 Å². The average molecular weight is 1570 g/mol. The number of esters is 3. The Kier molecular flexibility index (Phi) is 79.8. The number of allylic oxidation sites excluding steroid dienone is 22. The first-order valence-corrected chi connectivity index (χ1v) is 46.5. The van der Waals surface area contributed by atoms with Gasteiger partial charge in [0.2, 0.25) is 0 Å². The fraction of sp³-hybridized carbons (Fsp3) is 0.725. The quantitative estimate of drug-likeness (QED) is 0.0146. The van der Waals surface area contributed by atoms with Crippen LogP contribution in [0, 0.1) is 0 Å². The Labute approximate surface area is 665 Å². The standard InChI is InChI=1S/C91H158O16P2/c1-4-7-10-13-16-19-22-25-27-29-31-33-35-37-39-40-41-42-43-44-46-48-49-51-53-55-57-60-62-65-68-71-74-77-89(94)101-80-86(92)81-103-108(97,98)104-82-87(93)83-105-109(99,100)106-85-88(107-91(96)79-76-73-70-67-64-59-24-21-18-15-12-9-6-3)84-102-90(95)78-75-72-69-66-63-61-58-56-54-52-50-47-45-38-36-34-32-30-28-26-23-20-17-14-11-8-5-2/h7,10,16-17,19-21,24-28,31-34,37-39,41-42,45,86-88,92-93H,4-6,8-9,11-15,18,22-23,29-30,35-36,40,43-44,46-85H2,1-3H3,(H,97,98)(H,99,100)/b10-7-,19-16-,20-17-,24-21-,27-25-,28-26-,33-31-,34-32-,39-37-,42-41-,45-38-. The molecule has 0 fully saturated rings. The van der Waals surface area contributed by atoms with Crippen molar-refractivity contribution in [2.45, 2.75) is 386 Å². The Morgan fingerprint density at radius 1 is 0.266 bits per heavy atom. The van der Waals surface area contributed by atoms with Gasteiger partial charge in [0, 0.05) is 19.3 Å². The van der Waals surface area contributed by atoms with Gasteiger partial charge in [-0.2, -0.15) is 0 Å². The van der Waals surface area contributed by atoms with Crippen molar-refractivity contribution in [2.24, 2.45) is 0 Å². The van der Waals surface area contributed by atoms with E-state index in [1.54, 1.807) is 0 Å². The van der Waals surface area contributed by atoms with Crippen molar-refractivity contribution in [1.82, 2.24) is 0 Å². The third kappa shape index (κ3) is 84.4. The maximum atomic E-state index is 13.0. The average Bonchev–Trinajstić information content (AvgIpc) is 0.915. The molecule has 0 saturated carbocycles. The van der Waals surface area contributed by atoms with Gasteiger partial charge in [0.25, 0.3) is 0 Å². The van der Waals surface area contributed by atoms with Crippen LogP contribution in [0.15, 0.2) is 134 Å². The highest BCUT2D eigenvalue weighted by Gasteiger charge is 2.29. The third-order valence-electron chi connectivity index (χ3n) is 18.3. The molecule has 0 aliphatic heterocycles. The molecule has 0 heterocycles. The lowest BCUT2D eigenvalue weighted by atomic mass is 10.0. The van der Waals surface area contributed by atoms with Gasteiger partial charge in [-0.15, -0.1) is 0 Å². The van der Waals surface area contributed by atoms with Crippen molar-refractivity contribution in [3.8, 4) is 0 Å². The second-order valence-electron chi connectivity index (χ2n) is 29.0. The van der Waals surface area contributed by atoms with E-state index in [4.69, 9.17) is 32.3 Å². The van der Waals surface area contributed by atoms with Crippen LogP contribution in [0.3, 0.4) is 0 Å². The Bertz CT molecular complexity index is 2510. The molecule has 0 bridgehead atoms. The van der Waals surface area contributed by atoms with Crippen LogP contribution in [-0.2, 0) is 55.8 Å². The topological polar surface area (TPSA) is 231 Å². The summed E-state index contributed by atoms with van der Waals surface area (Å²) in [7, 11) is -9.79. The number of rotatable bonds is 82. The SMILES string of the molecule is CC/C=C\C/C=C\C/C=C\C/C=C\C/C=C\C/C=C\CCCCCCCCCCCCCCCCC(=O)OCC(O)COP(=O)(O)OCC(O)COP(=O)(O)OCC(COC(=O)CCCCCCCCCCCCC/C=C\C/C=C\C/C=C\C/C=C\CCCCC)OC(=O)CCCCCCC/C=C\CCCCCC. The first kappa shape index (κ1) is 105. The zero-order valence-corrected chi connectivity index (χ0v) is 70.7. The van der Waals surface area contributed by atoms with Gasteiger partial charge in [0.05, 0.1) is 26.4 Å². The van der Waals surface area contributed by atoms with Crippen LogP contribution < -0.4 is 0 Å². The summed E-state index contributed by atoms with van der Waals surface area (Å²) >= 11 is 0. The highest BCUT2D eigenvalue weighted by Crippen LogP contribution is 2.45. The van der Waals surface area contributed by atoms with Gasteiger partial charge in [0.15, 0.2) is 6.10 Å². The first-order chi connectivity index (χ1) is 53.2. The summed E-state index contributed by atoms with van der Waals surface area (Å²) < 4.78 is 61.3. The predicted molar refractivity (Wildman–Crippen MR) is 454 cm³/mol. The van der Waals surface area contributed by atoms with Crippen molar-refractivity contribution in [1.29, 1.82) is 0 Å². The molecular formula is C91H158O16P2. The molecule has 0 rings (SSSR count). The smallest absolute Gasteiger partial charge is 0.463 e. The van der Waals surface area contributed by atoms with Gasteiger partial charge >= 0.3 is 33.6 Å². The Morgan fingerprint density at radius 2 is 0.486 bits per heavy atom. The summed E-state index contributed by atoms with van der Waals surface area (Å²) in [5.41, 5.74) is 0. The minimum Gasteiger partial charge on any atom is -0.463 e. The van der Waals surface area contributed by atoms with E-state index < -0.39 is 91.5 Å². The molecule has 0 saturated heterocycles. The summed E-state index contributed by atoms with van der Waals surface area (Å²) in [6, 6.07) is 0. The monoisotopic (exact) mass is 1570 g/mol. The highest BCUT2D eigenvalue weighted by molar-refractivity contribution is 7.47. The van der Waals surface area contributed by atoms with Crippen molar-refractivity contribution >= 4 is 33.6 Å².